The Morgan fingerprint density at radius 1 is 1.17 bits per heavy atom. The van der Waals surface area contributed by atoms with Gasteiger partial charge in [0.05, 0.1) is 0 Å². The normalized spacial score (nSPS) is 16.0. The van der Waals surface area contributed by atoms with Gasteiger partial charge in [-0.2, -0.15) is 0 Å². The molecule has 2 nitrogen and oxygen atoms in total. The third-order valence-electron chi connectivity index (χ3n) is 3.71. The summed E-state index contributed by atoms with van der Waals surface area (Å²) in [4.78, 5) is 2.54. The summed E-state index contributed by atoms with van der Waals surface area (Å²) < 4.78 is 0. The maximum Gasteiger partial charge on any atom is 0.0396 e. The molecule has 18 heavy (non-hydrogen) atoms. The van der Waals surface area contributed by atoms with Crippen molar-refractivity contribution < 1.29 is 0 Å². The minimum atomic E-state index is 0.995. The van der Waals surface area contributed by atoms with Crippen LogP contribution in [0.3, 0.4) is 0 Å². The fourth-order valence-electron chi connectivity index (χ4n) is 2.73. The van der Waals surface area contributed by atoms with Crippen molar-refractivity contribution in [1.29, 1.82) is 0 Å². The summed E-state index contributed by atoms with van der Waals surface area (Å²) in [6.45, 7) is 9.01. The topological polar surface area (TPSA) is 15.3 Å². The molecule has 0 amide bonds. The van der Waals surface area contributed by atoms with Crippen molar-refractivity contribution in [2.45, 2.75) is 46.1 Å². The van der Waals surface area contributed by atoms with Crippen LogP contribution < -0.4 is 10.2 Å². The molecule has 0 aromatic heterocycles. The Morgan fingerprint density at radius 2 is 1.94 bits per heavy atom. The number of piperidine rings is 1. The van der Waals surface area contributed by atoms with E-state index in [-0.39, 0.29) is 0 Å². The Hall–Kier alpha value is -1.02. The van der Waals surface area contributed by atoms with Crippen LogP contribution in [0.15, 0.2) is 18.2 Å². The zero-order valence-electron chi connectivity index (χ0n) is 11.8. The Labute approximate surface area is 111 Å². The SMILES string of the molecule is CCCNCc1ccc(N2CCCCC2)c(C)c1. The van der Waals surface area contributed by atoms with Crippen LogP contribution in [0, 0.1) is 6.92 Å². The van der Waals surface area contributed by atoms with Gasteiger partial charge < -0.3 is 10.2 Å². The Bertz CT molecular complexity index is 367. The van der Waals surface area contributed by atoms with Crippen molar-refractivity contribution in [2.24, 2.45) is 0 Å². The van der Waals surface area contributed by atoms with E-state index in [9.17, 15) is 0 Å². The molecule has 100 valence electrons. The summed E-state index contributed by atoms with van der Waals surface area (Å²) >= 11 is 0. The van der Waals surface area contributed by atoms with Gasteiger partial charge in [-0.3, -0.25) is 0 Å². The van der Waals surface area contributed by atoms with E-state index in [1.54, 1.807) is 0 Å². The van der Waals surface area contributed by atoms with Crippen LogP contribution in [0.25, 0.3) is 0 Å². The van der Waals surface area contributed by atoms with Gasteiger partial charge in [0, 0.05) is 25.3 Å². The number of hydrogen-bond donors (Lipinski definition) is 1. The van der Waals surface area contributed by atoms with Gasteiger partial charge in [0.2, 0.25) is 0 Å². The van der Waals surface area contributed by atoms with Gasteiger partial charge >= 0.3 is 0 Å². The summed E-state index contributed by atoms with van der Waals surface area (Å²) in [6.07, 6.45) is 5.29. The first-order valence-electron chi connectivity index (χ1n) is 7.36. The van der Waals surface area contributed by atoms with Crippen LogP contribution in [0.5, 0.6) is 0 Å². The van der Waals surface area contributed by atoms with Crippen molar-refractivity contribution in [3.63, 3.8) is 0 Å². The van der Waals surface area contributed by atoms with Gasteiger partial charge in [-0.15, -0.1) is 0 Å². The molecule has 2 rings (SSSR count). The first kappa shape index (κ1) is 13.4. The second kappa shape index (κ2) is 6.79. The number of benzene rings is 1. The van der Waals surface area contributed by atoms with E-state index >= 15 is 0 Å². The average molecular weight is 246 g/mol. The Balaban J connectivity index is 2.00. The van der Waals surface area contributed by atoms with E-state index in [4.69, 9.17) is 0 Å². The standard InChI is InChI=1S/C16H26N2/c1-3-9-17-13-15-7-8-16(14(2)12-15)18-10-5-4-6-11-18/h7-8,12,17H,3-6,9-11,13H2,1-2H3. The molecular weight excluding hydrogens is 220 g/mol. The lowest BCUT2D eigenvalue weighted by Crippen LogP contribution is -2.30. The first-order valence-corrected chi connectivity index (χ1v) is 7.36. The van der Waals surface area contributed by atoms with E-state index in [1.165, 1.54) is 55.6 Å². The lowest BCUT2D eigenvalue weighted by Gasteiger charge is -2.30. The van der Waals surface area contributed by atoms with Crippen LogP contribution in [-0.2, 0) is 6.54 Å². The maximum absolute atomic E-state index is 3.46. The highest BCUT2D eigenvalue weighted by molar-refractivity contribution is 5.54. The van der Waals surface area contributed by atoms with Crippen molar-refractivity contribution in [3.05, 3.63) is 29.3 Å². The molecule has 1 saturated heterocycles. The molecule has 0 saturated carbocycles. The molecule has 0 bridgehead atoms. The lowest BCUT2D eigenvalue weighted by atomic mass is 10.1. The van der Waals surface area contributed by atoms with Crippen molar-refractivity contribution in [3.8, 4) is 0 Å². The number of nitrogens with zero attached hydrogens (tertiary/aromatic N) is 1. The summed E-state index contributed by atoms with van der Waals surface area (Å²) in [5.74, 6) is 0. The molecule has 0 aliphatic carbocycles. The second-order valence-electron chi connectivity index (χ2n) is 5.35. The molecule has 1 aromatic rings. The minimum absolute atomic E-state index is 0.995. The molecule has 1 aliphatic heterocycles. The maximum atomic E-state index is 3.46. The number of aryl methyl sites for hydroxylation is 1. The predicted octanol–water partition coefficient (Wildman–Crippen LogP) is 3.48. The predicted molar refractivity (Wildman–Crippen MR) is 79.2 cm³/mol. The van der Waals surface area contributed by atoms with Crippen LogP contribution in [0.4, 0.5) is 5.69 Å². The highest BCUT2D eigenvalue weighted by Crippen LogP contribution is 2.24. The van der Waals surface area contributed by atoms with Gasteiger partial charge in [0.15, 0.2) is 0 Å². The fraction of sp³-hybridized carbons (Fsp3) is 0.625. The van der Waals surface area contributed by atoms with Gasteiger partial charge in [0.1, 0.15) is 0 Å². The van der Waals surface area contributed by atoms with E-state index in [2.05, 4.69) is 42.3 Å². The van der Waals surface area contributed by atoms with Crippen molar-refractivity contribution in [2.75, 3.05) is 24.5 Å². The van der Waals surface area contributed by atoms with E-state index in [0.717, 1.165) is 13.1 Å². The highest BCUT2D eigenvalue weighted by atomic mass is 15.1. The number of hydrogen-bond acceptors (Lipinski definition) is 2. The molecular formula is C16H26N2. The first-order chi connectivity index (χ1) is 8.81. The van der Waals surface area contributed by atoms with Crippen LogP contribution in [0.2, 0.25) is 0 Å². The minimum Gasteiger partial charge on any atom is -0.371 e. The molecule has 0 unspecified atom stereocenters. The Kier molecular flexibility index (Phi) is 5.06. The highest BCUT2D eigenvalue weighted by Gasteiger charge is 2.12. The summed E-state index contributed by atoms with van der Waals surface area (Å²) in [5, 5.41) is 3.46. The zero-order valence-corrected chi connectivity index (χ0v) is 11.8. The van der Waals surface area contributed by atoms with Gasteiger partial charge in [-0.05, 0) is 56.3 Å². The van der Waals surface area contributed by atoms with Crippen LogP contribution in [0.1, 0.15) is 43.7 Å². The molecule has 1 aromatic carbocycles. The van der Waals surface area contributed by atoms with Crippen LogP contribution in [-0.4, -0.2) is 19.6 Å². The van der Waals surface area contributed by atoms with E-state index in [0.29, 0.717) is 0 Å². The summed E-state index contributed by atoms with van der Waals surface area (Å²) in [7, 11) is 0. The largest absolute Gasteiger partial charge is 0.371 e. The molecule has 1 N–H and O–H groups in total. The third kappa shape index (κ3) is 3.49. The molecule has 1 fully saturated rings. The van der Waals surface area contributed by atoms with E-state index < -0.39 is 0 Å². The van der Waals surface area contributed by atoms with Crippen LogP contribution >= 0.6 is 0 Å². The molecule has 0 radical (unpaired) electrons. The molecule has 1 aliphatic rings. The quantitative estimate of drug-likeness (QED) is 0.800. The summed E-state index contributed by atoms with van der Waals surface area (Å²) in [6, 6.07) is 6.93. The molecule has 0 spiro atoms. The van der Waals surface area contributed by atoms with Crippen molar-refractivity contribution >= 4 is 5.69 Å². The third-order valence-corrected chi connectivity index (χ3v) is 3.71. The van der Waals surface area contributed by atoms with Crippen molar-refractivity contribution in [1.82, 2.24) is 5.32 Å². The second-order valence-corrected chi connectivity index (χ2v) is 5.35. The monoisotopic (exact) mass is 246 g/mol. The van der Waals surface area contributed by atoms with Gasteiger partial charge in [0.25, 0.3) is 0 Å². The van der Waals surface area contributed by atoms with Gasteiger partial charge in [-0.1, -0.05) is 19.1 Å². The van der Waals surface area contributed by atoms with Gasteiger partial charge in [-0.25, -0.2) is 0 Å². The zero-order chi connectivity index (χ0) is 12.8. The molecule has 1 heterocycles. The number of nitrogens with one attached hydrogen (secondary N) is 1. The smallest absolute Gasteiger partial charge is 0.0396 e. The number of rotatable bonds is 5. The molecule has 0 atom stereocenters. The average Bonchev–Trinajstić information content (AvgIpc) is 2.40. The molecule has 2 heteroatoms. The fourth-order valence-corrected chi connectivity index (χ4v) is 2.73. The lowest BCUT2D eigenvalue weighted by molar-refractivity contribution is 0.577. The summed E-state index contributed by atoms with van der Waals surface area (Å²) in [5.41, 5.74) is 4.27. The van der Waals surface area contributed by atoms with E-state index in [1.807, 2.05) is 0 Å². The Morgan fingerprint density at radius 3 is 2.61 bits per heavy atom. The number of anilines is 1.